The Bertz CT molecular complexity index is 1660. The maximum atomic E-state index is 12.5. The van der Waals surface area contributed by atoms with Gasteiger partial charge in [0.15, 0.2) is 17.2 Å². The van der Waals surface area contributed by atoms with E-state index in [9.17, 15) is 53.1 Å². The summed E-state index contributed by atoms with van der Waals surface area (Å²) in [4.78, 5) is 83.8. The van der Waals surface area contributed by atoms with Crippen LogP contribution in [0.1, 0.15) is 27.2 Å². The summed E-state index contributed by atoms with van der Waals surface area (Å²) in [6.07, 6.45) is -4.01. The Balaban J connectivity index is 1.62. The maximum absolute atomic E-state index is 12.5. The van der Waals surface area contributed by atoms with Gasteiger partial charge in [-0.05, 0) is 13.2 Å². The van der Waals surface area contributed by atoms with E-state index in [1.54, 1.807) is 0 Å². The average molecular weight is 792 g/mol. The molecule has 0 saturated carbocycles. The summed E-state index contributed by atoms with van der Waals surface area (Å²) in [7, 11) is -17.6. The van der Waals surface area contributed by atoms with Crippen LogP contribution >= 0.6 is 35.2 Å². The Morgan fingerprint density at radius 2 is 1.80 bits per heavy atom. The van der Waals surface area contributed by atoms with Crippen LogP contribution in [0.5, 0.6) is 0 Å². The Kier molecular flexibility index (Phi) is 14.1. The zero-order chi connectivity index (χ0) is 37.7. The minimum atomic E-state index is -5.90. The number of rotatable bonds is 19. The third kappa shape index (κ3) is 11.2. The molecule has 2 aromatic heterocycles. The van der Waals surface area contributed by atoms with Crippen molar-refractivity contribution in [3.8, 4) is 0 Å². The predicted octanol–water partition coefficient (Wildman–Crippen LogP) is -3.59. The number of carbonyl (C=O) groups excluding carboxylic acids is 2. The minimum Gasteiger partial charge on any atom is -0.790 e. The summed E-state index contributed by atoms with van der Waals surface area (Å²) in [5.41, 5.74) is 2.09. The first-order valence-corrected chi connectivity index (χ1v) is 20.1. The molecule has 2 amide bonds. The van der Waals surface area contributed by atoms with Crippen LogP contribution in [0.2, 0.25) is 0 Å². The monoisotopic (exact) mass is 791 g/mol. The van der Waals surface area contributed by atoms with Gasteiger partial charge in [0.05, 0.1) is 27.4 Å². The highest BCUT2D eigenvalue weighted by Gasteiger charge is 2.55. The van der Waals surface area contributed by atoms with E-state index < -0.39 is 78.1 Å². The number of nitrogens with one attached hydrogen (secondary N) is 2. The summed E-state index contributed by atoms with van der Waals surface area (Å²) in [5.74, 6) is -0.707. The summed E-state index contributed by atoms with van der Waals surface area (Å²) >= 11 is 1.52. The lowest BCUT2D eigenvalue weighted by atomic mass is 9.87. The number of thioether (sulfide) groups is 1. The van der Waals surface area contributed by atoms with Crippen molar-refractivity contribution in [3.63, 3.8) is 0 Å². The molecule has 6 N–H and O–H groups in total. The lowest BCUT2D eigenvalue weighted by Crippen LogP contribution is -2.46. The maximum Gasteiger partial charge on any atom is 0.274 e. The van der Waals surface area contributed by atoms with Crippen molar-refractivity contribution in [2.45, 2.75) is 57.3 Å². The van der Waals surface area contributed by atoms with Gasteiger partial charge in [0.2, 0.25) is 11.8 Å². The van der Waals surface area contributed by atoms with E-state index in [0.29, 0.717) is 12.3 Å². The second-order valence-electron chi connectivity index (χ2n) is 11.5. The zero-order valence-corrected chi connectivity index (χ0v) is 30.4. The highest BCUT2D eigenvalue weighted by atomic mass is 32.2. The minimum absolute atomic E-state index is 0.0240. The van der Waals surface area contributed by atoms with Crippen molar-refractivity contribution < 1.29 is 75.7 Å². The van der Waals surface area contributed by atoms with Crippen molar-refractivity contribution in [1.29, 1.82) is 0 Å². The highest BCUT2D eigenvalue weighted by Crippen LogP contribution is 2.56. The first kappa shape index (κ1) is 42.3. The molecular weight excluding hydrogens is 755 g/mol. The first-order chi connectivity index (χ1) is 23.0. The number of amides is 2. The number of aromatic nitrogens is 4. The van der Waals surface area contributed by atoms with Crippen LogP contribution in [0.4, 0.5) is 5.82 Å². The topological polar surface area (TPSA) is 358 Å². The number of imidazole rings is 1. The van der Waals surface area contributed by atoms with Crippen molar-refractivity contribution in [3.05, 3.63) is 12.7 Å². The van der Waals surface area contributed by atoms with Crippen LogP contribution in [-0.4, -0.2) is 104 Å². The number of nitrogens with zero attached hydrogens (tertiary/aromatic N) is 4. The van der Waals surface area contributed by atoms with E-state index in [0.717, 1.165) is 17.2 Å². The fourth-order valence-corrected chi connectivity index (χ4v) is 7.55. The number of phosphoric acid groups is 3. The van der Waals surface area contributed by atoms with Crippen LogP contribution < -0.4 is 35.9 Å². The van der Waals surface area contributed by atoms with Gasteiger partial charge in [-0.25, -0.2) is 19.3 Å². The Morgan fingerprint density at radius 3 is 2.44 bits per heavy atom. The second kappa shape index (κ2) is 16.7. The van der Waals surface area contributed by atoms with Crippen molar-refractivity contribution in [2.24, 2.45) is 5.41 Å². The number of anilines is 1. The third-order valence-corrected chi connectivity index (χ3v) is 10.8. The first-order valence-electron chi connectivity index (χ1n) is 14.4. The number of aliphatic hydroxyl groups is 2. The lowest BCUT2D eigenvalue weighted by Gasteiger charge is -2.36. The molecule has 0 bridgehead atoms. The van der Waals surface area contributed by atoms with Crippen LogP contribution in [0, 0.1) is 5.41 Å². The molecule has 3 rings (SSSR count). The number of nitrogen functional groups attached to an aromatic ring is 1. The molecule has 2 aromatic rings. The van der Waals surface area contributed by atoms with Gasteiger partial charge in [0.25, 0.3) is 15.6 Å². The van der Waals surface area contributed by atoms with Crippen molar-refractivity contribution >= 4 is 64.0 Å². The Morgan fingerprint density at radius 1 is 1.14 bits per heavy atom. The van der Waals surface area contributed by atoms with E-state index in [1.807, 2.05) is 6.26 Å². The van der Waals surface area contributed by atoms with Gasteiger partial charge in [-0.2, -0.15) is 11.8 Å². The van der Waals surface area contributed by atoms with E-state index in [4.69, 9.17) is 10.5 Å². The lowest BCUT2D eigenvalue weighted by molar-refractivity contribution is -0.347. The standard InChI is InChI=1S/C23H40N7O16P3S/c1-22(2,18(33)21(34)26-6-5-14(31)25-7-8-50-4)10-43-49(40,41)46-48(38,39)42-9-13-16(45-47(35,36)37)17(32)23(3,44-13)30-12-29-15-19(24)27-11-28-20(15)30/h11-13,16-18,32-33H,5-10H2,1-4H3,(H,25,31)(H,26,34)(H,38,39)(H,40,41)(H2,24,27,28)(H2,35,36,37)/p-4. The van der Waals surface area contributed by atoms with E-state index in [2.05, 4.69) is 43.5 Å². The molecule has 1 saturated heterocycles. The smallest absolute Gasteiger partial charge is 0.274 e. The van der Waals surface area contributed by atoms with Crippen molar-refractivity contribution in [2.75, 3.05) is 44.0 Å². The molecule has 1 aliphatic heterocycles. The largest absolute Gasteiger partial charge is 0.790 e. The number of aliphatic hydroxyl groups excluding tert-OH is 2. The average Bonchev–Trinajstić information content (AvgIpc) is 3.54. The highest BCUT2D eigenvalue weighted by molar-refractivity contribution is 7.98. The molecule has 0 aliphatic carbocycles. The zero-order valence-electron chi connectivity index (χ0n) is 26.9. The third-order valence-electron chi connectivity index (χ3n) is 7.17. The van der Waals surface area contributed by atoms with Crippen LogP contribution in [0.15, 0.2) is 12.7 Å². The van der Waals surface area contributed by atoms with Gasteiger partial charge in [0, 0.05) is 30.7 Å². The SMILES string of the molecule is CSCCNC(=O)CCNC(=O)C(O)C(C)(C)COP(=O)([O-])OP(=O)([O-])OCC1OC(C)(n2cnc3c(N)ncnc32)C(O)C1OP(=O)([O-])[O-]. The Hall–Kier alpha value is -2.11. The molecule has 3 heterocycles. The van der Waals surface area contributed by atoms with Gasteiger partial charge in [-0.15, -0.1) is 0 Å². The molecule has 1 fully saturated rings. The number of hydrogen-bond acceptors (Lipinski definition) is 21. The van der Waals surface area contributed by atoms with E-state index in [-0.39, 0.29) is 35.9 Å². The fourth-order valence-electron chi connectivity index (χ4n) is 4.52. The van der Waals surface area contributed by atoms with Gasteiger partial charge < -0.3 is 69.0 Å². The molecule has 7 atom stereocenters. The molecule has 1 aliphatic rings. The van der Waals surface area contributed by atoms with Crippen molar-refractivity contribution in [1.82, 2.24) is 30.2 Å². The normalized spacial score (nSPS) is 24.4. The molecule has 50 heavy (non-hydrogen) atoms. The fraction of sp³-hybridized carbons (Fsp3) is 0.696. The number of ether oxygens (including phenoxy) is 1. The van der Waals surface area contributed by atoms with Gasteiger partial charge in [0.1, 0.15) is 36.3 Å². The molecule has 0 aromatic carbocycles. The second-order valence-corrected chi connectivity index (χ2v) is 16.6. The number of carbonyl (C=O) groups is 2. The molecule has 284 valence electrons. The molecule has 0 radical (unpaired) electrons. The molecule has 7 unspecified atom stereocenters. The van der Waals surface area contributed by atoms with Gasteiger partial charge in [-0.1, -0.05) is 13.8 Å². The summed E-state index contributed by atoms with van der Waals surface area (Å²) < 4.78 is 60.8. The molecule has 23 nitrogen and oxygen atoms in total. The number of fused-ring (bicyclic) bond motifs is 1. The van der Waals surface area contributed by atoms with Crippen LogP contribution in [0.3, 0.4) is 0 Å². The molecule has 0 spiro atoms. The number of nitrogens with two attached hydrogens (primary N) is 1. The number of hydrogen-bond donors (Lipinski definition) is 5. The van der Waals surface area contributed by atoms with E-state index >= 15 is 0 Å². The van der Waals surface area contributed by atoms with E-state index in [1.165, 1.54) is 32.5 Å². The quantitative estimate of drug-likeness (QED) is 0.0678. The predicted molar refractivity (Wildman–Crippen MR) is 164 cm³/mol. The van der Waals surface area contributed by atoms with Crippen LogP contribution in [0.25, 0.3) is 11.2 Å². The number of phosphoric ester groups is 3. The van der Waals surface area contributed by atoms with Crippen LogP contribution in [-0.2, 0) is 51.6 Å². The summed E-state index contributed by atoms with van der Waals surface area (Å²) in [5, 5.41) is 26.4. The molecule has 27 heteroatoms. The van der Waals surface area contributed by atoms with Gasteiger partial charge >= 0.3 is 0 Å². The molecular formula is C23H36N7O16P3S-4. The Labute approximate surface area is 289 Å². The summed E-state index contributed by atoms with van der Waals surface area (Å²) in [6.45, 7) is 1.66. The van der Waals surface area contributed by atoms with Gasteiger partial charge in [-0.3, -0.25) is 23.3 Å². The summed E-state index contributed by atoms with van der Waals surface area (Å²) in [6, 6.07) is 0.